The Hall–Kier alpha value is -1.02. The molecule has 1 fully saturated rings. The van der Waals surface area contributed by atoms with Crippen molar-refractivity contribution in [3.8, 4) is 5.75 Å². The summed E-state index contributed by atoms with van der Waals surface area (Å²) in [5, 5.41) is 3.27. The molecule has 1 N–H and O–H groups in total. The van der Waals surface area contributed by atoms with Crippen LogP contribution in [-0.4, -0.2) is 20.2 Å². The van der Waals surface area contributed by atoms with E-state index in [-0.39, 0.29) is 0 Å². The van der Waals surface area contributed by atoms with Crippen LogP contribution < -0.4 is 10.1 Å². The molecular formula is C15H27NO. The normalized spacial score (nSPS) is 17.4. The van der Waals surface area contributed by atoms with Gasteiger partial charge >= 0.3 is 0 Å². The molecular weight excluding hydrogens is 210 g/mol. The van der Waals surface area contributed by atoms with E-state index in [9.17, 15) is 0 Å². The molecule has 1 atom stereocenters. The first-order chi connectivity index (χ1) is 8.22. The van der Waals surface area contributed by atoms with Crippen LogP contribution >= 0.6 is 0 Å². The van der Waals surface area contributed by atoms with Crippen molar-refractivity contribution in [2.45, 2.75) is 34.1 Å². The topological polar surface area (TPSA) is 21.3 Å². The van der Waals surface area contributed by atoms with E-state index in [1.807, 2.05) is 38.1 Å². The third-order valence-electron chi connectivity index (χ3n) is 2.56. The van der Waals surface area contributed by atoms with Gasteiger partial charge in [-0.25, -0.2) is 0 Å². The highest BCUT2D eigenvalue weighted by Gasteiger charge is 2.06. The number of hydrogen-bond donors (Lipinski definition) is 1. The van der Waals surface area contributed by atoms with Gasteiger partial charge in [-0.3, -0.25) is 0 Å². The van der Waals surface area contributed by atoms with E-state index in [1.165, 1.54) is 25.1 Å². The number of aryl methyl sites for hydroxylation is 1. The molecule has 2 heteroatoms. The average Bonchev–Trinajstić information content (AvgIpc) is 2.85. The quantitative estimate of drug-likeness (QED) is 0.805. The second kappa shape index (κ2) is 10.2. The summed E-state index contributed by atoms with van der Waals surface area (Å²) in [4.78, 5) is 0. The summed E-state index contributed by atoms with van der Waals surface area (Å²) in [7, 11) is 1.67. The Morgan fingerprint density at radius 1 is 1.18 bits per heavy atom. The molecule has 1 aliphatic rings. The molecule has 0 aliphatic carbocycles. The maximum atomic E-state index is 4.97. The van der Waals surface area contributed by atoms with Crippen LogP contribution in [0.25, 0.3) is 0 Å². The van der Waals surface area contributed by atoms with Crippen molar-refractivity contribution < 1.29 is 4.74 Å². The lowest BCUT2D eigenvalue weighted by atomic mass is 10.2. The van der Waals surface area contributed by atoms with E-state index in [0.29, 0.717) is 0 Å². The second-order valence-electron chi connectivity index (χ2n) is 4.12. The average molecular weight is 237 g/mol. The van der Waals surface area contributed by atoms with Gasteiger partial charge in [-0.15, -0.1) is 0 Å². The monoisotopic (exact) mass is 237 g/mol. The summed E-state index contributed by atoms with van der Waals surface area (Å²) in [6.07, 6.45) is 1.38. The molecule has 0 saturated carbocycles. The Morgan fingerprint density at radius 2 is 1.76 bits per heavy atom. The zero-order valence-electron chi connectivity index (χ0n) is 11.9. The van der Waals surface area contributed by atoms with E-state index < -0.39 is 0 Å². The van der Waals surface area contributed by atoms with Crippen LogP contribution in [0.4, 0.5) is 0 Å². The van der Waals surface area contributed by atoms with Gasteiger partial charge in [0.2, 0.25) is 0 Å². The minimum atomic E-state index is 0.917. The third kappa shape index (κ3) is 7.81. The van der Waals surface area contributed by atoms with Crippen LogP contribution in [0.15, 0.2) is 24.3 Å². The maximum Gasteiger partial charge on any atom is 0.118 e. The molecule has 1 aromatic carbocycles. The molecule has 1 heterocycles. The number of benzene rings is 1. The Balaban J connectivity index is 0.000000278. The molecule has 0 spiro atoms. The van der Waals surface area contributed by atoms with Gasteiger partial charge in [-0.2, -0.15) is 0 Å². The third-order valence-corrected chi connectivity index (χ3v) is 2.56. The molecule has 2 nitrogen and oxygen atoms in total. The van der Waals surface area contributed by atoms with Crippen molar-refractivity contribution in [1.82, 2.24) is 5.32 Å². The van der Waals surface area contributed by atoms with E-state index >= 15 is 0 Å². The SMILES string of the molecule is CC.CC1CCNC1.COc1ccc(C)cc1. The maximum absolute atomic E-state index is 4.97. The molecule has 17 heavy (non-hydrogen) atoms. The smallest absolute Gasteiger partial charge is 0.118 e. The predicted octanol–water partition coefficient (Wildman–Crippen LogP) is 3.65. The van der Waals surface area contributed by atoms with Crippen molar-refractivity contribution in [2.75, 3.05) is 20.2 Å². The zero-order valence-corrected chi connectivity index (χ0v) is 11.9. The summed E-state index contributed by atoms with van der Waals surface area (Å²) in [6, 6.07) is 7.96. The van der Waals surface area contributed by atoms with Crippen molar-refractivity contribution in [3.63, 3.8) is 0 Å². The summed E-state index contributed by atoms with van der Waals surface area (Å²) >= 11 is 0. The molecule has 1 saturated heterocycles. The summed E-state index contributed by atoms with van der Waals surface area (Å²) in [5.41, 5.74) is 1.26. The van der Waals surface area contributed by atoms with Gasteiger partial charge in [0.05, 0.1) is 7.11 Å². The number of hydrogen-bond acceptors (Lipinski definition) is 2. The van der Waals surface area contributed by atoms with Crippen molar-refractivity contribution in [2.24, 2.45) is 5.92 Å². The lowest BCUT2D eigenvalue weighted by molar-refractivity contribution is 0.414. The predicted molar refractivity (Wildman–Crippen MR) is 75.7 cm³/mol. The van der Waals surface area contributed by atoms with Gasteiger partial charge in [0.1, 0.15) is 5.75 Å². The first-order valence-corrected chi connectivity index (χ1v) is 6.53. The summed E-state index contributed by atoms with van der Waals surface area (Å²) < 4.78 is 4.97. The van der Waals surface area contributed by atoms with Crippen molar-refractivity contribution in [1.29, 1.82) is 0 Å². The van der Waals surface area contributed by atoms with Crippen LogP contribution in [0.1, 0.15) is 32.8 Å². The van der Waals surface area contributed by atoms with Gasteiger partial charge in [-0.05, 0) is 44.5 Å². The Bertz CT molecular complexity index is 263. The molecule has 98 valence electrons. The Kier molecular flexibility index (Phi) is 9.55. The van der Waals surface area contributed by atoms with E-state index in [1.54, 1.807) is 7.11 Å². The zero-order chi connectivity index (χ0) is 13.1. The molecule has 2 rings (SSSR count). The fraction of sp³-hybridized carbons (Fsp3) is 0.600. The standard InChI is InChI=1S/C8H10O.C5H11N.C2H6/c1-7-3-5-8(9-2)6-4-7;1-5-2-3-6-4-5;1-2/h3-6H,1-2H3;5-6H,2-4H2,1H3;1-2H3. The van der Waals surface area contributed by atoms with Crippen LogP contribution in [0.3, 0.4) is 0 Å². The highest BCUT2D eigenvalue weighted by molar-refractivity contribution is 5.25. The first kappa shape index (κ1) is 16.0. The van der Waals surface area contributed by atoms with E-state index in [0.717, 1.165) is 11.7 Å². The molecule has 0 bridgehead atoms. The van der Waals surface area contributed by atoms with Crippen molar-refractivity contribution >= 4 is 0 Å². The fourth-order valence-corrected chi connectivity index (χ4v) is 1.47. The highest BCUT2D eigenvalue weighted by Crippen LogP contribution is 2.09. The van der Waals surface area contributed by atoms with Crippen LogP contribution in [0.2, 0.25) is 0 Å². The summed E-state index contributed by atoms with van der Waals surface area (Å²) in [6.45, 7) is 10.8. The minimum absolute atomic E-state index is 0.917. The first-order valence-electron chi connectivity index (χ1n) is 6.53. The molecule has 1 unspecified atom stereocenters. The van der Waals surface area contributed by atoms with Crippen molar-refractivity contribution in [3.05, 3.63) is 29.8 Å². The van der Waals surface area contributed by atoms with Gasteiger partial charge in [0.15, 0.2) is 0 Å². The molecule has 1 aliphatic heterocycles. The molecule has 1 aromatic rings. The van der Waals surface area contributed by atoms with Crippen LogP contribution in [-0.2, 0) is 0 Å². The number of nitrogens with one attached hydrogen (secondary N) is 1. The fourth-order valence-electron chi connectivity index (χ4n) is 1.47. The lowest BCUT2D eigenvalue weighted by Gasteiger charge is -1.97. The summed E-state index contributed by atoms with van der Waals surface area (Å²) in [5.74, 6) is 1.85. The van der Waals surface area contributed by atoms with Gasteiger partial charge in [-0.1, -0.05) is 38.5 Å². The molecule has 0 radical (unpaired) electrons. The largest absolute Gasteiger partial charge is 0.497 e. The minimum Gasteiger partial charge on any atom is -0.497 e. The lowest BCUT2D eigenvalue weighted by Crippen LogP contribution is -2.06. The van der Waals surface area contributed by atoms with Gasteiger partial charge < -0.3 is 10.1 Å². The van der Waals surface area contributed by atoms with Gasteiger partial charge in [0.25, 0.3) is 0 Å². The number of ether oxygens (including phenoxy) is 1. The Labute approximate surface area is 106 Å². The van der Waals surface area contributed by atoms with E-state index in [4.69, 9.17) is 4.74 Å². The highest BCUT2D eigenvalue weighted by atomic mass is 16.5. The molecule has 0 amide bonds. The Morgan fingerprint density at radius 3 is 2.06 bits per heavy atom. The number of rotatable bonds is 1. The van der Waals surface area contributed by atoms with Gasteiger partial charge in [0, 0.05) is 0 Å². The number of methoxy groups -OCH3 is 1. The van der Waals surface area contributed by atoms with Crippen LogP contribution in [0, 0.1) is 12.8 Å². The van der Waals surface area contributed by atoms with E-state index in [2.05, 4.69) is 19.2 Å². The second-order valence-corrected chi connectivity index (χ2v) is 4.12. The van der Waals surface area contributed by atoms with Crippen LogP contribution in [0.5, 0.6) is 5.75 Å². The molecule has 0 aromatic heterocycles.